The molecule has 1 saturated heterocycles. The number of aromatic nitrogens is 1. The maximum atomic E-state index is 12.2. The number of anilines is 1. The van der Waals surface area contributed by atoms with Crippen LogP contribution in [0.25, 0.3) is 0 Å². The van der Waals surface area contributed by atoms with E-state index in [0.717, 1.165) is 42.2 Å². The van der Waals surface area contributed by atoms with Crippen LogP contribution in [0, 0.1) is 5.92 Å². The van der Waals surface area contributed by atoms with E-state index in [1.165, 1.54) is 11.3 Å². The molecule has 3 rings (SSSR count). The molecule has 2 amide bonds. The van der Waals surface area contributed by atoms with Crippen molar-refractivity contribution in [1.29, 1.82) is 0 Å². The zero-order chi connectivity index (χ0) is 18.5. The highest BCUT2D eigenvalue weighted by molar-refractivity contribution is 7.09. The van der Waals surface area contributed by atoms with Gasteiger partial charge in [-0.1, -0.05) is 12.1 Å². The number of hydrogen-bond acceptors (Lipinski definition) is 6. The molecule has 1 fully saturated rings. The molecular weight excluding hydrogens is 350 g/mol. The van der Waals surface area contributed by atoms with Gasteiger partial charge in [0, 0.05) is 30.7 Å². The number of thiazole rings is 1. The Hall–Kier alpha value is -2.29. The van der Waals surface area contributed by atoms with Crippen LogP contribution >= 0.6 is 11.3 Å². The van der Waals surface area contributed by atoms with Crippen molar-refractivity contribution in [2.24, 2.45) is 17.4 Å². The summed E-state index contributed by atoms with van der Waals surface area (Å²) in [6.45, 7) is 2.78. The van der Waals surface area contributed by atoms with Crippen LogP contribution in [0.5, 0.6) is 0 Å². The molecule has 7 nitrogen and oxygen atoms in total. The lowest BCUT2D eigenvalue weighted by Gasteiger charge is -2.31. The molecule has 1 aliphatic rings. The molecule has 138 valence electrons. The average molecular weight is 373 g/mol. The van der Waals surface area contributed by atoms with Gasteiger partial charge in [0.2, 0.25) is 5.91 Å². The van der Waals surface area contributed by atoms with Crippen LogP contribution in [0.2, 0.25) is 0 Å². The maximum Gasteiger partial charge on any atom is 0.275 e. The van der Waals surface area contributed by atoms with Crippen LogP contribution in [0.15, 0.2) is 29.6 Å². The number of nitrogens with zero attached hydrogens (tertiary/aromatic N) is 2. The Balaban J connectivity index is 1.56. The number of amides is 2. The lowest BCUT2D eigenvalue weighted by Crippen LogP contribution is -2.40. The molecule has 26 heavy (non-hydrogen) atoms. The van der Waals surface area contributed by atoms with Crippen molar-refractivity contribution in [2.75, 3.05) is 18.4 Å². The first-order chi connectivity index (χ1) is 12.5. The quantitative estimate of drug-likeness (QED) is 0.711. The van der Waals surface area contributed by atoms with Gasteiger partial charge in [-0.3, -0.25) is 14.5 Å². The van der Waals surface area contributed by atoms with E-state index in [2.05, 4.69) is 15.2 Å². The van der Waals surface area contributed by atoms with Gasteiger partial charge in [0.05, 0.1) is 5.92 Å². The lowest BCUT2D eigenvalue weighted by molar-refractivity contribution is -0.123. The molecule has 0 bridgehead atoms. The number of hydrogen-bond donors (Lipinski definition) is 3. The molecule has 1 atom stereocenters. The summed E-state index contributed by atoms with van der Waals surface area (Å²) in [6.07, 6.45) is 1.86. The SMILES string of the molecule is NCc1nc(C(=O)Nc2ccc(CN3CCCC(C(N)=O)C3)cc2)cs1. The molecule has 2 heterocycles. The minimum absolute atomic E-state index is 0.0566. The van der Waals surface area contributed by atoms with Gasteiger partial charge in [0.1, 0.15) is 10.7 Å². The molecule has 0 saturated carbocycles. The van der Waals surface area contributed by atoms with Crippen molar-refractivity contribution in [3.63, 3.8) is 0 Å². The number of nitrogens with two attached hydrogens (primary N) is 2. The topological polar surface area (TPSA) is 114 Å². The predicted molar refractivity (Wildman–Crippen MR) is 102 cm³/mol. The number of piperidine rings is 1. The van der Waals surface area contributed by atoms with Gasteiger partial charge >= 0.3 is 0 Å². The summed E-state index contributed by atoms with van der Waals surface area (Å²) < 4.78 is 0. The summed E-state index contributed by atoms with van der Waals surface area (Å²) in [5.74, 6) is -0.513. The Morgan fingerprint density at radius 1 is 1.31 bits per heavy atom. The van der Waals surface area contributed by atoms with Crippen molar-refractivity contribution < 1.29 is 9.59 Å². The Morgan fingerprint density at radius 3 is 2.73 bits per heavy atom. The molecule has 1 unspecified atom stereocenters. The van der Waals surface area contributed by atoms with Gasteiger partial charge in [-0.05, 0) is 37.1 Å². The van der Waals surface area contributed by atoms with Gasteiger partial charge in [0.25, 0.3) is 5.91 Å². The van der Waals surface area contributed by atoms with Crippen molar-refractivity contribution in [2.45, 2.75) is 25.9 Å². The van der Waals surface area contributed by atoms with Crippen LogP contribution in [-0.4, -0.2) is 34.8 Å². The molecule has 2 aromatic rings. The monoisotopic (exact) mass is 373 g/mol. The molecule has 0 aliphatic carbocycles. The van der Waals surface area contributed by atoms with E-state index in [9.17, 15) is 9.59 Å². The van der Waals surface area contributed by atoms with Crippen LogP contribution in [0.3, 0.4) is 0 Å². The maximum absolute atomic E-state index is 12.2. The molecular formula is C18H23N5O2S. The van der Waals surface area contributed by atoms with Crippen LogP contribution < -0.4 is 16.8 Å². The van der Waals surface area contributed by atoms with E-state index in [0.29, 0.717) is 18.8 Å². The number of nitrogens with one attached hydrogen (secondary N) is 1. The Bertz CT molecular complexity index is 774. The first-order valence-corrected chi connectivity index (χ1v) is 9.49. The fraction of sp³-hybridized carbons (Fsp3) is 0.389. The van der Waals surface area contributed by atoms with Gasteiger partial charge in [-0.25, -0.2) is 4.98 Å². The highest BCUT2D eigenvalue weighted by Gasteiger charge is 2.23. The second-order valence-corrected chi connectivity index (χ2v) is 7.40. The van der Waals surface area contributed by atoms with E-state index in [-0.39, 0.29) is 17.7 Å². The van der Waals surface area contributed by atoms with Crippen LogP contribution in [0.4, 0.5) is 5.69 Å². The van der Waals surface area contributed by atoms with Crippen molar-refractivity contribution in [1.82, 2.24) is 9.88 Å². The molecule has 1 aromatic carbocycles. The van der Waals surface area contributed by atoms with E-state index in [1.807, 2.05) is 24.3 Å². The summed E-state index contributed by atoms with van der Waals surface area (Å²) in [7, 11) is 0. The molecule has 8 heteroatoms. The summed E-state index contributed by atoms with van der Waals surface area (Å²) in [4.78, 5) is 30.0. The Morgan fingerprint density at radius 2 is 2.08 bits per heavy atom. The normalized spacial score (nSPS) is 17.8. The predicted octanol–water partition coefficient (Wildman–Crippen LogP) is 1.55. The van der Waals surface area contributed by atoms with Gasteiger partial charge in [-0.15, -0.1) is 11.3 Å². The largest absolute Gasteiger partial charge is 0.369 e. The van der Waals surface area contributed by atoms with E-state index >= 15 is 0 Å². The molecule has 0 radical (unpaired) electrons. The summed E-state index contributed by atoms with van der Waals surface area (Å²) >= 11 is 1.38. The third-order valence-corrected chi connectivity index (χ3v) is 5.36. The first-order valence-electron chi connectivity index (χ1n) is 8.61. The fourth-order valence-corrected chi connectivity index (χ4v) is 3.74. The third-order valence-electron chi connectivity index (χ3n) is 4.48. The summed E-state index contributed by atoms with van der Waals surface area (Å²) in [5.41, 5.74) is 13.2. The number of rotatable bonds is 6. The zero-order valence-electron chi connectivity index (χ0n) is 14.5. The standard InChI is InChI=1S/C18H23N5O2S/c19-8-16-22-15(11-26-16)18(25)21-14-5-3-12(4-6-14)9-23-7-1-2-13(10-23)17(20)24/h3-6,11,13H,1-2,7-10,19H2,(H2,20,24)(H,21,25). The second-order valence-electron chi connectivity index (χ2n) is 6.46. The van der Waals surface area contributed by atoms with E-state index < -0.39 is 0 Å². The highest BCUT2D eigenvalue weighted by atomic mass is 32.1. The second kappa shape index (κ2) is 8.39. The minimum atomic E-state index is -0.242. The van der Waals surface area contributed by atoms with Gasteiger partial charge < -0.3 is 16.8 Å². The van der Waals surface area contributed by atoms with Crippen molar-refractivity contribution in [3.8, 4) is 0 Å². The first kappa shape index (κ1) is 18.5. The molecule has 0 spiro atoms. The molecule has 1 aliphatic heterocycles. The number of primary amides is 1. The van der Waals surface area contributed by atoms with Gasteiger partial charge in [0.15, 0.2) is 0 Å². The Labute approximate surface area is 156 Å². The van der Waals surface area contributed by atoms with E-state index in [1.54, 1.807) is 5.38 Å². The molecule has 5 N–H and O–H groups in total. The van der Waals surface area contributed by atoms with Crippen molar-refractivity contribution in [3.05, 3.63) is 45.9 Å². The fourth-order valence-electron chi connectivity index (χ4n) is 3.09. The van der Waals surface area contributed by atoms with Crippen LogP contribution in [-0.2, 0) is 17.9 Å². The van der Waals surface area contributed by atoms with E-state index in [4.69, 9.17) is 11.5 Å². The Kier molecular flexibility index (Phi) is 5.97. The number of carbonyl (C=O) groups excluding carboxylic acids is 2. The van der Waals surface area contributed by atoms with Crippen LogP contribution in [0.1, 0.15) is 33.9 Å². The number of benzene rings is 1. The minimum Gasteiger partial charge on any atom is -0.369 e. The number of likely N-dealkylation sites (tertiary alicyclic amines) is 1. The van der Waals surface area contributed by atoms with Crippen molar-refractivity contribution >= 4 is 28.8 Å². The number of carbonyl (C=O) groups is 2. The third kappa shape index (κ3) is 4.66. The molecule has 1 aromatic heterocycles. The smallest absolute Gasteiger partial charge is 0.275 e. The average Bonchev–Trinajstić information content (AvgIpc) is 3.13. The zero-order valence-corrected chi connectivity index (χ0v) is 15.3. The summed E-state index contributed by atoms with van der Waals surface area (Å²) in [6, 6.07) is 7.71. The lowest BCUT2D eigenvalue weighted by atomic mass is 9.97. The highest BCUT2D eigenvalue weighted by Crippen LogP contribution is 2.19. The summed E-state index contributed by atoms with van der Waals surface area (Å²) in [5, 5.41) is 5.28. The van der Waals surface area contributed by atoms with Gasteiger partial charge in [-0.2, -0.15) is 0 Å².